The second-order valence-electron chi connectivity index (χ2n) is 5.40. The van der Waals surface area contributed by atoms with Gasteiger partial charge in [0.05, 0.1) is 11.8 Å². The van der Waals surface area contributed by atoms with E-state index in [1.807, 2.05) is 20.8 Å². The minimum absolute atomic E-state index is 0.123. The highest BCUT2D eigenvalue weighted by Gasteiger charge is 2.27. The van der Waals surface area contributed by atoms with E-state index in [1.165, 1.54) is 6.20 Å². The van der Waals surface area contributed by atoms with E-state index in [2.05, 4.69) is 17.3 Å². The van der Waals surface area contributed by atoms with Gasteiger partial charge in [0.2, 0.25) is 0 Å². The van der Waals surface area contributed by atoms with Crippen LogP contribution in [0.1, 0.15) is 56.1 Å². The van der Waals surface area contributed by atoms with Crippen molar-refractivity contribution in [3.05, 3.63) is 17.5 Å². The largest absolute Gasteiger partial charge is 0.480 e. The first-order valence-corrected chi connectivity index (χ1v) is 7.48. The van der Waals surface area contributed by atoms with Gasteiger partial charge in [-0.1, -0.05) is 33.6 Å². The Morgan fingerprint density at radius 1 is 1.43 bits per heavy atom. The maximum atomic E-state index is 12.3. The number of carbonyl (C=O) groups excluding carboxylic acids is 1. The van der Waals surface area contributed by atoms with Crippen molar-refractivity contribution in [2.45, 2.75) is 59.5 Å². The van der Waals surface area contributed by atoms with E-state index < -0.39 is 12.0 Å². The highest BCUT2D eigenvalue weighted by atomic mass is 16.4. The molecule has 0 radical (unpaired) electrons. The average molecular weight is 295 g/mol. The number of hydrogen-bond acceptors (Lipinski definition) is 3. The molecule has 0 unspecified atom stereocenters. The summed E-state index contributed by atoms with van der Waals surface area (Å²) < 4.78 is 1.79. The van der Waals surface area contributed by atoms with Crippen LogP contribution in [0.2, 0.25) is 0 Å². The third-order valence-electron chi connectivity index (χ3n) is 3.84. The molecule has 2 atom stereocenters. The van der Waals surface area contributed by atoms with Gasteiger partial charge in [-0.25, -0.2) is 4.79 Å². The van der Waals surface area contributed by atoms with Crippen LogP contribution in [0.15, 0.2) is 6.20 Å². The van der Waals surface area contributed by atoms with Crippen LogP contribution in [-0.4, -0.2) is 32.8 Å². The minimum atomic E-state index is -1.01. The maximum Gasteiger partial charge on any atom is 0.326 e. The van der Waals surface area contributed by atoms with E-state index in [9.17, 15) is 14.7 Å². The molecule has 0 fully saturated rings. The lowest BCUT2D eigenvalue weighted by Crippen LogP contribution is -2.45. The molecule has 2 N–H and O–H groups in total. The van der Waals surface area contributed by atoms with Crippen LogP contribution in [0.5, 0.6) is 0 Å². The lowest BCUT2D eigenvalue weighted by molar-refractivity contribution is -0.140. The summed E-state index contributed by atoms with van der Waals surface area (Å²) in [5.41, 5.74) is 1.22. The molecule has 0 aliphatic heterocycles. The number of aryl methyl sites for hydroxylation is 1. The Kier molecular flexibility index (Phi) is 6.39. The van der Waals surface area contributed by atoms with Gasteiger partial charge in [0.25, 0.3) is 5.91 Å². The van der Waals surface area contributed by atoms with Gasteiger partial charge in [0, 0.05) is 12.2 Å². The number of carboxylic acid groups (broad SMARTS) is 1. The first-order valence-electron chi connectivity index (χ1n) is 7.48. The Hall–Kier alpha value is -1.85. The molecular weight excluding hydrogens is 270 g/mol. The molecule has 0 saturated carbocycles. The quantitative estimate of drug-likeness (QED) is 0.770. The van der Waals surface area contributed by atoms with Crippen LogP contribution in [0.3, 0.4) is 0 Å². The number of rotatable bonds is 8. The number of hydrogen-bond donors (Lipinski definition) is 2. The van der Waals surface area contributed by atoms with Gasteiger partial charge in [0.15, 0.2) is 0 Å². The van der Waals surface area contributed by atoms with Gasteiger partial charge >= 0.3 is 5.97 Å². The van der Waals surface area contributed by atoms with Crippen LogP contribution in [0.4, 0.5) is 0 Å². The zero-order valence-electron chi connectivity index (χ0n) is 13.2. The number of carboxylic acids is 1. The van der Waals surface area contributed by atoms with Crippen LogP contribution >= 0.6 is 0 Å². The van der Waals surface area contributed by atoms with E-state index in [0.29, 0.717) is 12.0 Å². The van der Waals surface area contributed by atoms with E-state index in [1.54, 1.807) is 4.68 Å². The fourth-order valence-corrected chi connectivity index (χ4v) is 2.10. The molecule has 118 valence electrons. The molecule has 0 spiro atoms. The normalized spacial score (nSPS) is 13.7. The summed E-state index contributed by atoms with van der Waals surface area (Å²) in [6, 6.07) is -0.874. The second kappa shape index (κ2) is 7.81. The van der Waals surface area contributed by atoms with Crippen molar-refractivity contribution in [1.29, 1.82) is 0 Å². The van der Waals surface area contributed by atoms with Gasteiger partial charge < -0.3 is 10.4 Å². The highest BCUT2D eigenvalue weighted by molar-refractivity contribution is 5.97. The molecule has 0 aromatic carbocycles. The number of unbranched alkanes of at least 4 members (excludes halogenated alkanes) is 1. The zero-order chi connectivity index (χ0) is 16.0. The molecule has 6 nitrogen and oxygen atoms in total. The molecule has 0 aliphatic rings. The first kappa shape index (κ1) is 17.2. The molecule has 0 aliphatic carbocycles. The van der Waals surface area contributed by atoms with Crippen molar-refractivity contribution in [1.82, 2.24) is 15.1 Å². The van der Waals surface area contributed by atoms with Crippen LogP contribution < -0.4 is 5.32 Å². The van der Waals surface area contributed by atoms with Crippen molar-refractivity contribution in [3.8, 4) is 0 Å². The van der Waals surface area contributed by atoms with Crippen molar-refractivity contribution in [3.63, 3.8) is 0 Å². The van der Waals surface area contributed by atoms with E-state index >= 15 is 0 Å². The topological polar surface area (TPSA) is 84.2 Å². The standard InChI is InChI=1S/C15H25N3O3/c1-5-7-8-18-11(4)12(9-16-18)14(19)17-13(15(20)21)10(3)6-2/h9-10,13H,5-8H2,1-4H3,(H,17,19)(H,20,21)/t10-,13-/m0/s1. The van der Waals surface area contributed by atoms with E-state index in [4.69, 9.17) is 0 Å². The SMILES string of the molecule is CCCCn1ncc(C(=O)N[C@H](C(=O)O)[C@@H](C)CC)c1C. The fraction of sp³-hybridized carbons (Fsp3) is 0.667. The summed E-state index contributed by atoms with van der Waals surface area (Å²) >= 11 is 0. The minimum Gasteiger partial charge on any atom is -0.480 e. The predicted molar refractivity (Wildman–Crippen MR) is 80.2 cm³/mol. The van der Waals surface area contributed by atoms with Gasteiger partial charge in [0.1, 0.15) is 6.04 Å². The Morgan fingerprint density at radius 3 is 2.62 bits per heavy atom. The lowest BCUT2D eigenvalue weighted by atomic mass is 9.99. The van der Waals surface area contributed by atoms with Crippen LogP contribution in [-0.2, 0) is 11.3 Å². The van der Waals surface area contributed by atoms with E-state index in [0.717, 1.165) is 25.1 Å². The van der Waals surface area contributed by atoms with Crippen molar-refractivity contribution < 1.29 is 14.7 Å². The van der Waals surface area contributed by atoms with Crippen LogP contribution in [0.25, 0.3) is 0 Å². The van der Waals surface area contributed by atoms with Crippen molar-refractivity contribution in [2.75, 3.05) is 0 Å². The Balaban J connectivity index is 2.83. The third-order valence-corrected chi connectivity index (χ3v) is 3.84. The lowest BCUT2D eigenvalue weighted by Gasteiger charge is -2.20. The number of nitrogens with one attached hydrogen (secondary N) is 1. The number of amides is 1. The van der Waals surface area contributed by atoms with Crippen molar-refractivity contribution in [2.24, 2.45) is 5.92 Å². The molecular formula is C15H25N3O3. The second-order valence-corrected chi connectivity index (χ2v) is 5.40. The smallest absolute Gasteiger partial charge is 0.326 e. The number of carbonyl (C=O) groups is 2. The average Bonchev–Trinajstić information content (AvgIpc) is 2.82. The number of nitrogens with zero attached hydrogens (tertiary/aromatic N) is 2. The first-order chi connectivity index (χ1) is 9.92. The van der Waals surface area contributed by atoms with Gasteiger partial charge in [-0.3, -0.25) is 9.48 Å². The number of aromatic nitrogens is 2. The summed E-state index contributed by atoms with van der Waals surface area (Å²) in [6.07, 6.45) is 4.24. The summed E-state index contributed by atoms with van der Waals surface area (Å²) in [7, 11) is 0. The Morgan fingerprint density at radius 2 is 2.10 bits per heavy atom. The third kappa shape index (κ3) is 4.31. The Bertz CT molecular complexity index is 496. The fourth-order valence-electron chi connectivity index (χ4n) is 2.10. The molecule has 1 amide bonds. The van der Waals surface area contributed by atoms with Crippen LogP contribution in [0, 0.1) is 12.8 Å². The van der Waals surface area contributed by atoms with Gasteiger partial charge in [-0.2, -0.15) is 5.10 Å². The molecule has 1 aromatic rings. The monoisotopic (exact) mass is 295 g/mol. The molecule has 0 bridgehead atoms. The summed E-state index contributed by atoms with van der Waals surface area (Å²) in [5, 5.41) is 16.0. The van der Waals surface area contributed by atoms with Crippen molar-refractivity contribution >= 4 is 11.9 Å². The summed E-state index contributed by atoms with van der Waals surface area (Å²) in [5.74, 6) is -1.50. The molecule has 6 heteroatoms. The van der Waals surface area contributed by atoms with Gasteiger partial charge in [-0.15, -0.1) is 0 Å². The zero-order valence-corrected chi connectivity index (χ0v) is 13.2. The van der Waals surface area contributed by atoms with E-state index in [-0.39, 0.29) is 11.8 Å². The maximum absolute atomic E-state index is 12.3. The molecule has 1 heterocycles. The Labute approximate surface area is 125 Å². The molecule has 1 aromatic heterocycles. The molecule has 1 rings (SSSR count). The summed E-state index contributed by atoms with van der Waals surface area (Å²) in [6.45, 7) is 8.41. The summed E-state index contributed by atoms with van der Waals surface area (Å²) in [4.78, 5) is 23.5. The predicted octanol–water partition coefficient (Wildman–Crippen LogP) is 2.22. The van der Waals surface area contributed by atoms with Gasteiger partial charge in [-0.05, 0) is 19.3 Å². The highest BCUT2D eigenvalue weighted by Crippen LogP contribution is 2.12. The molecule has 0 saturated heterocycles. The number of aliphatic carboxylic acids is 1. The molecule has 21 heavy (non-hydrogen) atoms.